The molecule has 2 aromatic rings. The Labute approximate surface area is 113 Å². The molecule has 8 heteroatoms. The highest BCUT2D eigenvalue weighted by Gasteiger charge is 2.06. The maximum Gasteiger partial charge on any atom is 0.225 e. The van der Waals surface area contributed by atoms with Crippen LogP contribution >= 0.6 is 23.4 Å². The molecule has 6 nitrogen and oxygen atoms in total. The number of hydrogen-bond donors (Lipinski definition) is 3. The molecule has 2 rings (SSSR count). The van der Waals surface area contributed by atoms with Crippen LogP contribution in [0, 0.1) is 0 Å². The van der Waals surface area contributed by atoms with E-state index in [1.807, 2.05) is 0 Å². The van der Waals surface area contributed by atoms with Crippen molar-refractivity contribution < 1.29 is 0 Å². The van der Waals surface area contributed by atoms with Crippen molar-refractivity contribution in [3.63, 3.8) is 0 Å². The van der Waals surface area contributed by atoms with Crippen LogP contribution in [0.5, 0.6) is 0 Å². The van der Waals surface area contributed by atoms with Gasteiger partial charge in [-0.05, 0) is 18.2 Å². The molecule has 94 valence electrons. The lowest BCUT2D eigenvalue weighted by Gasteiger charge is -2.05. The van der Waals surface area contributed by atoms with E-state index in [2.05, 4.69) is 15.0 Å². The van der Waals surface area contributed by atoms with Crippen molar-refractivity contribution >= 4 is 40.9 Å². The first-order valence-electron chi connectivity index (χ1n) is 4.98. The molecule has 0 aliphatic carbocycles. The van der Waals surface area contributed by atoms with Crippen LogP contribution in [0.1, 0.15) is 5.82 Å². The Morgan fingerprint density at radius 3 is 2.39 bits per heavy atom. The average Bonchev–Trinajstić information content (AvgIpc) is 2.29. The molecule has 0 aliphatic rings. The van der Waals surface area contributed by atoms with Crippen LogP contribution < -0.4 is 17.2 Å². The second-order valence-electron chi connectivity index (χ2n) is 3.45. The highest BCUT2D eigenvalue weighted by molar-refractivity contribution is 7.98. The van der Waals surface area contributed by atoms with Gasteiger partial charge in [-0.25, -0.2) is 0 Å². The Morgan fingerprint density at radius 1 is 1.06 bits per heavy atom. The molecular formula is C10H11ClN6S. The zero-order valence-electron chi connectivity index (χ0n) is 9.30. The molecule has 0 unspecified atom stereocenters. The lowest BCUT2D eigenvalue weighted by molar-refractivity contribution is 0.988. The molecule has 0 bridgehead atoms. The molecule has 1 aromatic carbocycles. The Kier molecular flexibility index (Phi) is 3.73. The number of benzene rings is 1. The number of thioether (sulfide) groups is 1. The standard InChI is InChI=1S/C10H11ClN6S/c11-6-2-1-5(12)3-7(6)18-4-8-15-9(13)17-10(14)16-8/h1-3H,4,12H2,(H4,13,14,15,16,17). The van der Waals surface area contributed by atoms with Crippen LogP contribution in [0.25, 0.3) is 0 Å². The number of nitrogens with two attached hydrogens (primary N) is 3. The van der Waals surface area contributed by atoms with Gasteiger partial charge in [-0.15, -0.1) is 11.8 Å². The third-order valence-electron chi connectivity index (χ3n) is 2.03. The summed E-state index contributed by atoms with van der Waals surface area (Å²) >= 11 is 7.50. The maximum atomic E-state index is 6.05. The van der Waals surface area contributed by atoms with Crippen LogP contribution in [0.2, 0.25) is 5.02 Å². The average molecular weight is 283 g/mol. The molecule has 0 fully saturated rings. The zero-order chi connectivity index (χ0) is 13.1. The molecule has 0 amide bonds. The first-order valence-corrected chi connectivity index (χ1v) is 6.34. The third-order valence-corrected chi connectivity index (χ3v) is 3.52. The first-order chi connectivity index (χ1) is 8.54. The minimum atomic E-state index is 0.108. The summed E-state index contributed by atoms with van der Waals surface area (Å²) in [6, 6.07) is 5.28. The Bertz CT molecular complexity index is 556. The summed E-state index contributed by atoms with van der Waals surface area (Å²) in [5.74, 6) is 1.21. The van der Waals surface area contributed by atoms with Gasteiger partial charge < -0.3 is 17.2 Å². The summed E-state index contributed by atoms with van der Waals surface area (Å²) < 4.78 is 0. The van der Waals surface area contributed by atoms with E-state index in [4.69, 9.17) is 28.8 Å². The van der Waals surface area contributed by atoms with Gasteiger partial charge in [0.15, 0.2) is 0 Å². The van der Waals surface area contributed by atoms with Crippen LogP contribution in [0.15, 0.2) is 23.1 Å². The molecule has 0 spiro atoms. The summed E-state index contributed by atoms with van der Waals surface area (Å²) in [6.07, 6.45) is 0. The Morgan fingerprint density at radius 2 is 1.72 bits per heavy atom. The Balaban J connectivity index is 2.13. The minimum Gasteiger partial charge on any atom is -0.399 e. The van der Waals surface area contributed by atoms with Gasteiger partial charge in [0.25, 0.3) is 0 Å². The fourth-order valence-electron chi connectivity index (χ4n) is 1.29. The summed E-state index contributed by atoms with van der Waals surface area (Å²) in [6.45, 7) is 0. The fourth-order valence-corrected chi connectivity index (χ4v) is 2.41. The van der Waals surface area contributed by atoms with Crippen LogP contribution in [0.4, 0.5) is 17.6 Å². The maximum absolute atomic E-state index is 6.05. The van der Waals surface area contributed by atoms with Crippen LogP contribution in [0.3, 0.4) is 0 Å². The molecule has 18 heavy (non-hydrogen) atoms. The largest absolute Gasteiger partial charge is 0.399 e. The van der Waals surface area contributed by atoms with Crippen molar-refractivity contribution in [2.45, 2.75) is 10.6 Å². The first kappa shape index (κ1) is 12.7. The topological polar surface area (TPSA) is 117 Å². The normalized spacial score (nSPS) is 10.5. The van der Waals surface area contributed by atoms with Gasteiger partial charge in [-0.2, -0.15) is 15.0 Å². The molecule has 0 aliphatic heterocycles. The highest BCUT2D eigenvalue weighted by Crippen LogP contribution is 2.30. The van der Waals surface area contributed by atoms with Gasteiger partial charge in [0.05, 0.1) is 10.8 Å². The van der Waals surface area contributed by atoms with Crippen LogP contribution in [-0.2, 0) is 5.75 Å². The van der Waals surface area contributed by atoms with E-state index in [1.165, 1.54) is 11.8 Å². The van der Waals surface area contributed by atoms with E-state index >= 15 is 0 Å². The van der Waals surface area contributed by atoms with Crippen molar-refractivity contribution in [1.82, 2.24) is 15.0 Å². The van der Waals surface area contributed by atoms with Gasteiger partial charge in [-0.3, -0.25) is 0 Å². The van der Waals surface area contributed by atoms with Crippen LogP contribution in [-0.4, -0.2) is 15.0 Å². The fraction of sp³-hybridized carbons (Fsp3) is 0.100. The Hall–Kier alpha value is -1.73. The predicted octanol–water partition coefficient (Wildman–Crippen LogP) is 1.56. The summed E-state index contributed by atoms with van der Waals surface area (Å²) in [7, 11) is 0. The van der Waals surface area contributed by atoms with Crippen molar-refractivity contribution in [1.29, 1.82) is 0 Å². The second-order valence-corrected chi connectivity index (χ2v) is 4.87. The molecule has 6 N–H and O–H groups in total. The summed E-state index contributed by atoms with van der Waals surface area (Å²) in [5.41, 5.74) is 17.3. The molecular weight excluding hydrogens is 272 g/mol. The molecule has 0 saturated heterocycles. The van der Waals surface area contributed by atoms with Crippen molar-refractivity contribution in [3.8, 4) is 0 Å². The zero-order valence-corrected chi connectivity index (χ0v) is 10.9. The number of anilines is 3. The van der Waals surface area contributed by atoms with Gasteiger partial charge >= 0.3 is 0 Å². The van der Waals surface area contributed by atoms with Gasteiger partial charge in [-0.1, -0.05) is 11.6 Å². The van der Waals surface area contributed by atoms with E-state index < -0.39 is 0 Å². The molecule has 0 saturated carbocycles. The number of nitrogens with zero attached hydrogens (tertiary/aromatic N) is 3. The van der Waals surface area contributed by atoms with Gasteiger partial charge in [0, 0.05) is 10.6 Å². The summed E-state index contributed by atoms with van der Waals surface area (Å²) in [5, 5.41) is 0.629. The third kappa shape index (κ3) is 3.14. The van der Waals surface area contributed by atoms with Crippen molar-refractivity contribution in [2.24, 2.45) is 0 Å². The number of hydrogen-bond acceptors (Lipinski definition) is 7. The minimum absolute atomic E-state index is 0.108. The van der Waals surface area contributed by atoms with E-state index in [-0.39, 0.29) is 11.9 Å². The number of halogens is 1. The SMILES string of the molecule is Nc1ccc(Cl)c(SCc2nc(N)nc(N)n2)c1. The smallest absolute Gasteiger partial charge is 0.225 e. The van der Waals surface area contributed by atoms with Crippen molar-refractivity contribution in [2.75, 3.05) is 17.2 Å². The highest BCUT2D eigenvalue weighted by atomic mass is 35.5. The van der Waals surface area contributed by atoms with E-state index in [0.29, 0.717) is 22.3 Å². The summed E-state index contributed by atoms with van der Waals surface area (Å²) in [4.78, 5) is 12.5. The molecule has 1 heterocycles. The van der Waals surface area contributed by atoms with E-state index in [9.17, 15) is 0 Å². The molecule has 1 aromatic heterocycles. The predicted molar refractivity (Wildman–Crippen MR) is 74.1 cm³/mol. The lowest BCUT2D eigenvalue weighted by Crippen LogP contribution is -2.05. The molecule has 0 radical (unpaired) electrons. The second kappa shape index (κ2) is 5.28. The lowest BCUT2D eigenvalue weighted by atomic mass is 10.3. The monoisotopic (exact) mass is 282 g/mol. The quantitative estimate of drug-likeness (QED) is 0.578. The van der Waals surface area contributed by atoms with E-state index in [1.54, 1.807) is 18.2 Å². The van der Waals surface area contributed by atoms with Crippen molar-refractivity contribution in [3.05, 3.63) is 29.0 Å². The number of nitrogen functional groups attached to an aromatic ring is 3. The van der Waals surface area contributed by atoms with Gasteiger partial charge in [0.1, 0.15) is 5.82 Å². The van der Waals surface area contributed by atoms with Gasteiger partial charge in [0.2, 0.25) is 11.9 Å². The molecule has 0 atom stereocenters. The number of aromatic nitrogens is 3. The van der Waals surface area contributed by atoms with E-state index in [0.717, 1.165) is 4.90 Å². The number of rotatable bonds is 3.